The Balaban J connectivity index is 2.85. The Morgan fingerprint density at radius 3 is 2.42 bits per heavy atom. The topological polar surface area (TPSA) is 50.1 Å². The average Bonchev–Trinajstić information content (AvgIpc) is 2.42. The van der Waals surface area contributed by atoms with Gasteiger partial charge in [-0.3, -0.25) is 4.79 Å². The first-order chi connectivity index (χ1) is 9.13. The summed E-state index contributed by atoms with van der Waals surface area (Å²) in [5.41, 5.74) is 0.749. The van der Waals surface area contributed by atoms with Crippen molar-refractivity contribution in [1.29, 1.82) is 5.26 Å². The minimum atomic E-state index is -0.669. The van der Waals surface area contributed by atoms with Crippen molar-refractivity contribution < 1.29 is 9.53 Å². The first-order valence-corrected chi connectivity index (χ1v) is 6.80. The van der Waals surface area contributed by atoms with E-state index in [0.29, 0.717) is 6.61 Å². The van der Waals surface area contributed by atoms with Gasteiger partial charge >= 0.3 is 0 Å². The van der Waals surface area contributed by atoms with Gasteiger partial charge in [0.2, 0.25) is 0 Å². The van der Waals surface area contributed by atoms with E-state index >= 15 is 0 Å². The van der Waals surface area contributed by atoms with Crippen LogP contribution in [-0.2, 0) is 4.79 Å². The fraction of sp³-hybridized carbons (Fsp3) is 0.500. The summed E-state index contributed by atoms with van der Waals surface area (Å²) in [5, 5.41) is 9.24. The Morgan fingerprint density at radius 2 is 1.95 bits per heavy atom. The zero-order valence-electron chi connectivity index (χ0n) is 11.8. The van der Waals surface area contributed by atoms with Crippen LogP contribution in [0, 0.1) is 17.2 Å². The fourth-order valence-electron chi connectivity index (χ4n) is 2.09. The van der Waals surface area contributed by atoms with Gasteiger partial charge in [0.15, 0.2) is 5.78 Å². The van der Waals surface area contributed by atoms with E-state index in [1.54, 1.807) is 24.3 Å². The number of carbonyl (C=O) groups excluding carboxylic acids is 1. The molecule has 2 atom stereocenters. The molecule has 0 N–H and O–H groups in total. The number of rotatable bonds is 7. The summed E-state index contributed by atoms with van der Waals surface area (Å²) in [4.78, 5) is 12.2. The van der Waals surface area contributed by atoms with E-state index in [9.17, 15) is 10.1 Å². The van der Waals surface area contributed by atoms with Crippen LogP contribution in [0.2, 0.25) is 0 Å². The highest BCUT2D eigenvalue weighted by molar-refractivity contribution is 5.90. The zero-order valence-corrected chi connectivity index (χ0v) is 11.8. The van der Waals surface area contributed by atoms with Gasteiger partial charge in [0.1, 0.15) is 11.7 Å². The second-order valence-corrected chi connectivity index (χ2v) is 4.66. The van der Waals surface area contributed by atoms with Gasteiger partial charge < -0.3 is 4.74 Å². The summed E-state index contributed by atoms with van der Waals surface area (Å²) in [6, 6.07) is 9.33. The van der Waals surface area contributed by atoms with Crippen molar-refractivity contribution in [3.63, 3.8) is 0 Å². The summed E-state index contributed by atoms with van der Waals surface area (Å²) in [6.07, 6.45) is 1.78. The molecular formula is C16H21NO2. The number of hydrogen-bond acceptors (Lipinski definition) is 3. The molecule has 102 valence electrons. The van der Waals surface area contributed by atoms with Crippen LogP contribution in [0.5, 0.6) is 5.75 Å². The minimum Gasteiger partial charge on any atom is -0.494 e. The summed E-state index contributed by atoms with van der Waals surface area (Å²) in [6.45, 7) is 6.46. The molecule has 0 aliphatic carbocycles. The van der Waals surface area contributed by atoms with Gasteiger partial charge in [-0.05, 0) is 31.0 Å². The fourth-order valence-corrected chi connectivity index (χ4v) is 2.09. The van der Waals surface area contributed by atoms with Crippen LogP contribution in [0.3, 0.4) is 0 Å². The number of Topliss-reactive ketones (excluding diaryl/α,β-unsaturated/α-hetero) is 1. The van der Waals surface area contributed by atoms with Crippen LogP contribution in [0.1, 0.15) is 45.1 Å². The lowest BCUT2D eigenvalue weighted by atomic mass is 9.87. The lowest BCUT2D eigenvalue weighted by molar-refractivity contribution is -0.122. The van der Waals surface area contributed by atoms with Gasteiger partial charge in [-0.15, -0.1) is 0 Å². The third-order valence-electron chi connectivity index (χ3n) is 3.15. The number of nitrogens with zero attached hydrogens (tertiary/aromatic N) is 1. The standard InChI is InChI=1S/C16H21NO2/c1-4-6-12(3)16(18)15(11-17)13-7-9-14(10-8-13)19-5-2/h7-10,12,15H,4-6H2,1-3H3. The van der Waals surface area contributed by atoms with Crippen molar-refractivity contribution in [3.05, 3.63) is 29.8 Å². The van der Waals surface area contributed by atoms with Gasteiger partial charge in [0, 0.05) is 5.92 Å². The summed E-state index contributed by atoms with van der Waals surface area (Å²) >= 11 is 0. The van der Waals surface area contributed by atoms with Gasteiger partial charge in [0.05, 0.1) is 12.7 Å². The van der Waals surface area contributed by atoms with Crippen LogP contribution >= 0.6 is 0 Å². The maximum absolute atomic E-state index is 12.2. The monoisotopic (exact) mass is 259 g/mol. The predicted octanol–water partition coefficient (Wildman–Crippen LogP) is 3.70. The molecular weight excluding hydrogens is 238 g/mol. The number of hydrogen-bond donors (Lipinski definition) is 0. The van der Waals surface area contributed by atoms with Crippen LogP contribution in [-0.4, -0.2) is 12.4 Å². The molecule has 1 aromatic rings. The van der Waals surface area contributed by atoms with Crippen molar-refractivity contribution in [2.45, 2.75) is 39.5 Å². The predicted molar refractivity (Wildman–Crippen MR) is 75.0 cm³/mol. The molecule has 0 bridgehead atoms. The normalized spacial score (nSPS) is 13.4. The molecule has 2 unspecified atom stereocenters. The molecule has 3 nitrogen and oxygen atoms in total. The van der Waals surface area contributed by atoms with E-state index in [2.05, 4.69) is 6.07 Å². The second kappa shape index (κ2) is 7.58. The Hall–Kier alpha value is -1.82. The summed E-state index contributed by atoms with van der Waals surface area (Å²) in [5.74, 6) is 0.0314. The van der Waals surface area contributed by atoms with Crippen molar-refractivity contribution in [2.24, 2.45) is 5.92 Å². The zero-order chi connectivity index (χ0) is 14.3. The molecule has 1 rings (SSSR count). The van der Waals surface area contributed by atoms with Crippen molar-refractivity contribution in [1.82, 2.24) is 0 Å². The van der Waals surface area contributed by atoms with Crippen molar-refractivity contribution in [2.75, 3.05) is 6.61 Å². The third-order valence-corrected chi connectivity index (χ3v) is 3.15. The molecule has 0 heterocycles. The van der Waals surface area contributed by atoms with Crippen LogP contribution in [0.15, 0.2) is 24.3 Å². The molecule has 0 spiro atoms. The second-order valence-electron chi connectivity index (χ2n) is 4.66. The molecule has 1 aromatic carbocycles. The maximum atomic E-state index is 12.2. The van der Waals surface area contributed by atoms with Crippen molar-refractivity contribution >= 4 is 5.78 Å². The highest BCUT2D eigenvalue weighted by Gasteiger charge is 2.24. The van der Waals surface area contributed by atoms with Gasteiger partial charge in [-0.2, -0.15) is 5.26 Å². The Bertz CT molecular complexity index is 445. The first kappa shape index (κ1) is 15.2. The highest BCUT2D eigenvalue weighted by Crippen LogP contribution is 2.24. The maximum Gasteiger partial charge on any atom is 0.157 e. The minimum absolute atomic E-state index is 0.00788. The molecule has 0 aromatic heterocycles. The van der Waals surface area contributed by atoms with Gasteiger partial charge in [-0.1, -0.05) is 32.4 Å². The van der Waals surface area contributed by atoms with E-state index in [1.807, 2.05) is 20.8 Å². The quantitative estimate of drug-likeness (QED) is 0.750. The molecule has 0 aliphatic rings. The average molecular weight is 259 g/mol. The Morgan fingerprint density at radius 1 is 1.32 bits per heavy atom. The van der Waals surface area contributed by atoms with E-state index in [4.69, 9.17) is 4.74 Å². The number of ether oxygens (including phenoxy) is 1. The van der Waals surface area contributed by atoms with E-state index in [0.717, 1.165) is 24.2 Å². The van der Waals surface area contributed by atoms with E-state index in [1.165, 1.54) is 0 Å². The van der Waals surface area contributed by atoms with Crippen molar-refractivity contribution in [3.8, 4) is 11.8 Å². The lowest BCUT2D eigenvalue weighted by Gasteiger charge is -2.14. The first-order valence-electron chi connectivity index (χ1n) is 6.80. The molecule has 19 heavy (non-hydrogen) atoms. The molecule has 0 saturated heterocycles. The molecule has 0 fully saturated rings. The number of benzene rings is 1. The van der Waals surface area contributed by atoms with Crippen LogP contribution in [0.25, 0.3) is 0 Å². The molecule has 0 amide bonds. The SMILES string of the molecule is CCCC(C)C(=O)C(C#N)c1ccc(OCC)cc1. The lowest BCUT2D eigenvalue weighted by Crippen LogP contribution is -2.19. The number of ketones is 1. The number of nitriles is 1. The van der Waals surface area contributed by atoms with Crippen LogP contribution in [0.4, 0.5) is 0 Å². The Labute approximate surface area is 115 Å². The van der Waals surface area contributed by atoms with Gasteiger partial charge in [0.25, 0.3) is 0 Å². The molecule has 0 aliphatic heterocycles. The summed E-state index contributed by atoms with van der Waals surface area (Å²) in [7, 11) is 0. The molecule has 0 radical (unpaired) electrons. The van der Waals surface area contributed by atoms with Gasteiger partial charge in [-0.25, -0.2) is 0 Å². The smallest absolute Gasteiger partial charge is 0.157 e. The third kappa shape index (κ3) is 4.10. The Kier molecular flexibility index (Phi) is 6.08. The van der Waals surface area contributed by atoms with E-state index in [-0.39, 0.29) is 11.7 Å². The number of carbonyl (C=O) groups is 1. The molecule has 0 saturated carbocycles. The largest absolute Gasteiger partial charge is 0.494 e. The van der Waals surface area contributed by atoms with Crippen LogP contribution < -0.4 is 4.74 Å². The highest BCUT2D eigenvalue weighted by atomic mass is 16.5. The molecule has 3 heteroatoms. The van der Waals surface area contributed by atoms with E-state index < -0.39 is 5.92 Å². The summed E-state index contributed by atoms with van der Waals surface area (Å²) < 4.78 is 5.35.